The molecular formula is C15H32N4O. The first-order valence-electron chi connectivity index (χ1n) is 7.88. The van der Waals surface area contributed by atoms with Crippen LogP contribution in [0, 0.1) is 5.92 Å². The summed E-state index contributed by atoms with van der Waals surface area (Å²) in [6, 6.07) is 0. The first-order chi connectivity index (χ1) is 9.46. The lowest BCUT2D eigenvalue weighted by Gasteiger charge is -2.37. The molecule has 0 aliphatic heterocycles. The number of amides is 1. The van der Waals surface area contributed by atoms with Crippen molar-refractivity contribution in [2.24, 2.45) is 11.7 Å². The summed E-state index contributed by atoms with van der Waals surface area (Å²) in [6.07, 6.45) is 3.35. The van der Waals surface area contributed by atoms with Crippen molar-refractivity contribution in [2.75, 3.05) is 46.8 Å². The third-order valence-corrected chi connectivity index (χ3v) is 4.21. The summed E-state index contributed by atoms with van der Waals surface area (Å²) < 4.78 is 0. The second kappa shape index (κ2) is 7.96. The highest BCUT2D eigenvalue weighted by molar-refractivity contribution is 5.86. The second-order valence-corrected chi connectivity index (χ2v) is 6.17. The van der Waals surface area contributed by atoms with Gasteiger partial charge >= 0.3 is 0 Å². The monoisotopic (exact) mass is 284 g/mol. The maximum absolute atomic E-state index is 12.1. The quantitative estimate of drug-likeness (QED) is 0.580. The van der Waals surface area contributed by atoms with Gasteiger partial charge in [0.1, 0.15) is 5.54 Å². The molecule has 1 aliphatic carbocycles. The SMILES string of the molecule is CCNC(CN(CC)CCCN(C)C)(C(N)=O)C1CC1. The number of carbonyl (C=O) groups excluding carboxylic acids is 1. The first-order valence-corrected chi connectivity index (χ1v) is 7.88. The molecule has 20 heavy (non-hydrogen) atoms. The van der Waals surface area contributed by atoms with Crippen molar-refractivity contribution in [1.29, 1.82) is 0 Å². The Morgan fingerprint density at radius 2 is 1.95 bits per heavy atom. The van der Waals surface area contributed by atoms with E-state index in [1.165, 1.54) is 0 Å². The van der Waals surface area contributed by atoms with Crippen molar-refractivity contribution < 1.29 is 4.79 Å². The van der Waals surface area contributed by atoms with Crippen LogP contribution in [0.15, 0.2) is 0 Å². The summed E-state index contributed by atoms with van der Waals surface area (Å²) >= 11 is 0. The Labute approximate surface area is 123 Å². The van der Waals surface area contributed by atoms with Crippen LogP contribution < -0.4 is 11.1 Å². The molecule has 1 aliphatic rings. The van der Waals surface area contributed by atoms with Gasteiger partial charge in [0.25, 0.3) is 0 Å². The summed E-state index contributed by atoms with van der Waals surface area (Å²) in [6.45, 7) is 8.77. The average molecular weight is 284 g/mol. The van der Waals surface area contributed by atoms with Gasteiger partial charge in [-0.2, -0.15) is 0 Å². The second-order valence-electron chi connectivity index (χ2n) is 6.17. The Kier molecular flexibility index (Phi) is 6.92. The van der Waals surface area contributed by atoms with Gasteiger partial charge in [0.15, 0.2) is 0 Å². The van der Waals surface area contributed by atoms with Crippen LogP contribution in [0.25, 0.3) is 0 Å². The number of nitrogens with one attached hydrogen (secondary N) is 1. The molecule has 0 aromatic heterocycles. The molecule has 5 nitrogen and oxygen atoms in total. The maximum Gasteiger partial charge on any atom is 0.239 e. The van der Waals surface area contributed by atoms with E-state index in [-0.39, 0.29) is 5.91 Å². The molecule has 0 radical (unpaired) electrons. The average Bonchev–Trinajstić information content (AvgIpc) is 3.20. The van der Waals surface area contributed by atoms with Crippen molar-refractivity contribution in [3.63, 3.8) is 0 Å². The minimum Gasteiger partial charge on any atom is -0.368 e. The lowest BCUT2D eigenvalue weighted by Crippen LogP contribution is -2.63. The Morgan fingerprint density at radius 1 is 1.30 bits per heavy atom. The lowest BCUT2D eigenvalue weighted by atomic mass is 9.91. The van der Waals surface area contributed by atoms with E-state index in [0.29, 0.717) is 5.92 Å². The highest BCUT2D eigenvalue weighted by Gasteiger charge is 2.49. The topological polar surface area (TPSA) is 61.6 Å². The number of hydrogen-bond acceptors (Lipinski definition) is 4. The number of nitrogens with two attached hydrogens (primary N) is 1. The normalized spacial score (nSPS) is 18.5. The Hall–Kier alpha value is -0.650. The van der Waals surface area contributed by atoms with Crippen molar-refractivity contribution in [3.05, 3.63) is 0 Å². The fraction of sp³-hybridized carbons (Fsp3) is 0.933. The van der Waals surface area contributed by atoms with Gasteiger partial charge in [-0.1, -0.05) is 13.8 Å². The summed E-state index contributed by atoms with van der Waals surface area (Å²) in [5.74, 6) is 0.232. The van der Waals surface area contributed by atoms with Crippen LogP contribution in [0.5, 0.6) is 0 Å². The Balaban J connectivity index is 2.63. The van der Waals surface area contributed by atoms with Gasteiger partial charge in [-0.05, 0) is 65.5 Å². The fourth-order valence-corrected chi connectivity index (χ4v) is 2.90. The fourth-order valence-electron chi connectivity index (χ4n) is 2.90. The molecule has 1 atom stereocenters. The zero-order valence-corrected chi connectivity index (χ0v) is 13.6. The molecular weight excluding hydrogens is 252 g/mol. The minimum absolute atomic E-state index is 0.187. The van der Waals surface area contributed by atoms with Crippen LogP contribution in [0.1, 0.15) is 33.1 Å². The van der Waals surface area contributed by atoms with Gasteiger partial charge in [-0.15, -0.1) is 0 Å². The number of hydrogen-bond donors (Lipinski definition) is 2. The van der Waals surface area contributed by atoms with Crippen molar-refractivity contribution in [2.45, 2.75) is 38.6 Å². The highest BCUT2D eigenvalue weighted by atomic mass is 16.1. The molecule has 0 spiro atoms. The van der Waals surface area contributed by atoms with E-state index in [4.69, 9.17) is 5.73 Å². The summed E-state index contributed by atoms with van der Waals surface area (Å²) in [5, 5.41) is 3.39. The molecule has 5 heteroatoms. The van der Waals surface area contributed by atoms with Crippen molar-refractivity contribution in [3.8, 4) is 0 Å². The highest BCUT2D eigenvalue weighted by Crippen LogP contribution is 2.40. The third kappa shape index (κ3) is 4.72. The van der Waals surface area contributed by atoms with E-state index >= 15 is 0 Å². The Bertz CT molecular complexity index is 304. The van der Waals surface area contributed by atoms with Crippen molar-refractivity contribution >= 4 is 5.91 Å². The van der Waals surface area contributed by atoms with Gasteiger partial charge < -0.3 is 20.9 Å². The number of rotatable bonds is 11. The van der Waals surface area contributed by atoms with Crippen LogP contribution in [0.3, 0.4) is 0 Å². The summed E-state index contributed by atoms with van der Waals surface area (Å²) in [7, 11) is 4.18. The van der Waals surface area contributed by atoms with Crippen LogP contribution in [0.4, 0.5) is 0 Å². The first kappa shape index (κ1) is 17.4. The van der Waals surface area contributed by atoms with Gasteiger partial charge in [0.2, 0.25) is 5.91 Å². The predicted molar refractivity (Wildman–Crippen MR) is 83.6 cm³/mol. The molecule has 3 N–H and O–H groups in total. The van der Waals surface area contributed by atoms with E-state index in [1.54, 1.807) is 0 Å². The molecule has 1 fully saturated rings. The van der Waals surface area contributed by atoms with Gasteiger partial charge in [-0.25, -0.2) is 0 Å². The molecule has 0 heterocycles. The summed E-state index contributed by atoms with van der Waals surface area (Å²) in [5.41, 5.74) is 5.22. The molecule has 0 aromatic rings. The van der Waals surface area contributed by atoms with Gasteiger partial charge in [0.05, 0.1) is 0 Å². The molecule has 118 valence electrons. The molecule has 1 unspecified atom stereocenters. The van der Waals surface area contributed by atoms with Gasteiger partial charge in [-0.3, -0.25) is 4.79 Å². The Morgan fingerprint density at radius 3 is 2.35 bits per heavy atom. The van der Waals surface area contributed by atoms with Gasteiger partial charge in [0, 0.05) is 6.54 Å². The number of nitrogens with zero attached hydrogens (tertiary/aromatic N) is 2. The van der Waals surface area contributed by atoms with E-state index in [1.807, 2.05) is 6.92 Å². The van der Waals surface area contributed by atoms with Crippen LogP contribution in [-0.2, 0) is 4.79 Å². The smallest absolute Gasteiger partial charge is 0.239 e. The van der Waals surface area contributed by atoms with E-state index in [9.17, 15) is 4.79 Å². The van der Waals surface area contributed by atoms with Crippen LogP contribution in [0.2, 0.25) is 0 Å². The van der Waals surface area contributed by atoms with Crippen LogP contribution >= 0.6 is 0 Å². The molecule has 1 amide bonds. The third-order valence-electron chi connectivity index (χ3n) is 4.21. The zero-order chi connectivity index (χ0) is 15.2. The number of primary amides is 1. The molecule has 0 aromatic carbocycles. The molecule has 1 rings (SSSR count). The van der Waals surface area contributed by atoms with E-state index in [2.05, 4.69) is 36.1 Å². The molecule has 0 saturated heterocycles. The maximum atomic E-state index is 12.1. The standard InChI is InChI=1S/C15H32N4O/c1-5-17-15(14(16)20,13-8-9-13)12-19(6-2)11-7-10-18(3)4/h13,17H,5-12H2,1-4H3,(H2,16,20). The lowest BCUT2D eigenvalue weighted by molar-refractivity contribution is -0.126. The number of likely N-dealkylation sites (N-methyl/N-ethyl adjacent to an activating group) is 2. The zero-order valence-electron chi connectivity index (χ0n) is 13.6. The number of carbonyl (C=O) groups is 1. The predicted octanol–water partition coefficient (Wildman–Crippen LogP) is 0.504. The van der Waals surface area contributed by atoms with E-state index in [0.717, 1.165) is 52.0 Å². The minimum atomic E-state index is -0.525. The van der Waals surface area contributed by atoms with Crippen LogP contribution in [-0.4, -0.2) is 68.1 Å². The van der Waals surface area contributed by atoms with E-state index < -0.39 is 5.54 Å². The molecule has 0 bridgehead atoms. The summed E-state index contributed by atoms with van der Waals surface area (Å²) in [4.78, 5) is 16.6. The largest absolute Gasteiger partial charge is 0.368 e. The molecule has 1 saturated carbocycles. The van der Waals surface area contributed by atoms with Crippen molar-refractivity contribution in [1.82, 2.24) is 15.1 Å².